The summed E-state index contributed by atoms with van der Waals surface area (Å²) in [7, 11) is 0.166. The highest BCUT2D eigenvalue weighted by Gasteiger charge is 2.13. The molecule has 0 saturated heterocycles. The molecule has 0 aliphatic heterocycles. The first-order chi connectivity index (χ1) is 11.4. The Morgan fingerprint density at radius 2 is 1.96 bits per heavy atom. The lowest BCUT2D eigenvalue weighted by molar-refractivity contribution is 0.575. The first-order valence-corrected chi connectivity index (χ1v) is 8.97. The highest BCUT2D eigenvalue weighted by molar-refractivity contribution is 7.88. The van der Waals surface area contributed by atoms with Crippen LogP contribution in [0.2, 0.25) is 0 Å². The number of aromatic nitrogens is 2. The third-order valence-corrected chi connectivity index (χ3v) is 4.55. The van der Waals surface area contributed by atoms with Crippen LogP contribution in [0.15, 0.2) is 36.5 Å². The molecule has 2 N–H and O–H groups in total. The Morgan fingerprint density at radius 1 is 1.21 bits per heavy atom. The minimum atomic E-state index is -3.61. The Kier molecular flexibility index (Phi) is 6.04. The van der Waals surface area contributed by atoms with Gasteiger partial charge in [-0.05, 0) is 6.07 Å². The third kappa shape index (κ3) is 5.43. The minimum Gasteiger partial charge on any atom is -0.376 e. The maximum atomic E-state index is 13.5. The topological polar surface area (TPSA) is 87.2 Å². The van der Waals surface area contributed by atoms with E-state index in [0.717, 1.165) is 5.69 Å². The molecule has 9 heteroatoms. The SMILES string of the molecule is CN(C)c1cnnc(NCCNS(=O)(=O)Cc2ccccc2F)c1. The maximum absolute atomic E-state index is 13.5. The van der Waals surface area contributed by atoms with Crippen LogP contribution < -0.4 is 14.9 Å². The van der Waals surface area contributed by atoms with E-state index in [1.54, 1.807) is 18.3 Å². The van der Waals surface area contributed by atoms with E-state index in [0.29, 0.717) is 12.4 Å². The lowest BCUT2D eigenvalue weighted by Gasteiger charge is -2.13. The second-order valence-electron chi connectivity index (χ2n) is 5.37. The molecule has 0 bridgehead atoms. The van der Waals surface area contributed by atoms with Gasteiger partial charge >= 0.3 is 0 Å². The van der Waals surface area contributed by atoms with Crippen molar-refractivity contribution in [3.8, 4) is 0 Å². The van der Waals surface area contributed by atoms with Crippen LogP contribution >= 0.6 is 0 Å². The van der Waals surface area contributed by atoms with Gasteiger partial charge in [-0.3, -0.25) is 0 Å². The van der Waals surface area contributed by atoms with E-state index in [4.69, 9.17) is 0 Å². The molecule has 0 saturated carbocycles. The van der Waals surface area contributed by atoms with Gasteiger partial charge in [-0.2, -0.15) is 5.10 Å². The molecule has 0 fully saturated rings. The standard InChI is InChI=1S/C15H20FN5O2S/c1-21(2)13-9-15(20-18-10-13)17-7-8-19-24(22,23)11-12-5-3-4-6-14(12)16/h3-6,9-10,19H,7-8,11H2,1-2H3,(H,17,20). The molecule has 1 aromatic carbocycles. The summed E-state index contributed by atoms with van der Waals surface area (Å²) in [5.74, 6) is -0.374. The molecule has 0 radical (unpaired) electrons. The molecule has 2 rings (SSSR count). The second-order valence-corrected chi connectivity index (χ2v) is 7.17. The van der Waals surface area contributed by atoms with Crippen molar-refractivity contribution in [3.63, 3.8) is 0 Å². The summed E-state index contributed by atoms with van der Waals surface area (Å²) in [6, 6.07) is 7.62. The first-order valence-electron chi connectivity index (χ1n) is 7.32. The molecule has 0 aliphatic carbocycles. The average molecular weight is 353 g/mol. The molecule has 0 unspecified atom stereocenters. The molecule has 7 nitrogen and oxygen atoms in total. The lowest BCUT2D eigenvalue weighted by Crippen LogP contribution is -2.30. The molecule has 0 amide bonds. The van der Waals surface area contributed by atoms with Gasteiger partial charge in [0.25, 0.3) is 0 Å². The zero-order valence-electron chi connectivity index (χ0n) is 13.5. The molecule has 24 heavy (non-hydrogen) atoms. The van der Waals surface area contributed by atoms with Crippen molar-refractivity contribution in [3.05, 3.63) is 47.9 Å². The fraction of sp³-hybridized carbons (Fsp3) is 0.333. The molecule has 130 valence electrons. The fourth-order valence-electron chi connectivity index (χ4n) is 1.96. The van der Waals surface area contributed by atoms with E-state index < -0.39 is 21.6 Å². The van der Waals surface area contributed by atoms with Crippen LogP contribution in [0.25, 0.3) is 0 Å². The second kappa shape index (κ2) is 8.02. The quantitative estimate of drug-likeness (QED) is 0.694. The minimum absolute atomic E-state index is 0.141. The van der Waals surface area contributed by atoms with E-state index in [1.165, 1.54) is 18.2 Å². The van der Waals surface area contributed by atoms with Crippen molar-refractivity contribution in [1.29, 1.82) is 0 Å². The predicted octanol–water partition coefficient (Wildman–Crippen LogP) is 1.21. The number of sulfonamides is 1. The molecular weight excluding hydrogens is 333 g/mol. The number of halogens is 1. The predicted molar refractivity (Wildman–Crippen MR) is 91.9 cm³/mol. The van der Waals surface area contributed by atoms with Crippen LogP contribution in [0.4, 0.5) is 15.9 Å². The van der Waals surface area contributed by atoms with Gasteiger partial charge in [0.05, 0.1) is 17.6 Å². The van der Waals surface area contributed by atoms with Crippen molar-refractivity contribution >= 4 is 21.5 Å². The normalized spacial score (nSPS) is 11.3. The van der Waals surface area contributed by atoms with Gasteiger partial charge in [0.15, 0.2) is 5.82 Å². The molecule has 1 heterocycles. The van der Waals surface area contributed by atoms with Crippen LogP contribution in [-0.2, 0) is 15.8 Å². The van der Waals surface area contributed by atoms with Crippen molar-refractivity contribution in [1.82, 2.24) is 14.9 Å². The Bertz CT molecular complexity index is 783. The molecule has 1 aromatic heterocycles. The number of hydrogen-bond acceptors (Lipinski definition) is 6. The van der Waals surface area contributed by atoms with Gasteiger partial charge < -0.3 is 10.2 Å². The van der Waals surface area contributed by atoms with Crippen molar-refractivity contribution in [2.24, 2.45) is 0 Å². The maximum Gasteiger partial charge on any atom is 0.215 e. The monoisotopic (exact) mass is 353 g/mol. The van der Waals surface area contributed by atoms with E-state index in [-0.39, 0.29) is 12.1 Å². The summed E-state index contributed by atoms with van der Waals surface area (Å²) in [6.45, 7) is 0.493. The van der Waals surface area contributed by atoms with Crippen molar-refractivity contribution in [2.45, 2.75) is 5.75 Å². The lowest BCUT2D eigenvalue weighted by atomic mass is 10.2. The fourth-order valence-corrected chi connectivity index (χ4v) is 3.11. The number of rotatable bonds is 8. The summed E-state index contributed by atoms with van der Waals surface area (Å²) in [6.07, 6.45) is 1.63. The zero-order chi connectivity index (χ0) is 17.6. The summed E-state index contributed by atoms with van der Waals surface area (Å²) in [5.41, 5.74) is 1.02. The van der Waals surface area contributed by atoms with Crippen molar-refractivity contribution in [2.75, 3.05) is 37.4 Å². The average Bonchev–Trinajstić information content (AvgIpc) is 2.54. The van der Waals surface area contributed by atoms with Gasteiger partial charge in [-0.25, -0.2) is 17.5 Å². The molecule has 0 spiro atoms. The number of hydrogen-bond donors (Lipinski definition) is 2. The van der Waals surface area contributed by atoms with E-state index >= 15 is 0 Å². The number of anilines is 2. The first kappa shape index (κ1) is 18.1. The van der Waals surface area contributed by atoms with Gasteiger partial charge in [0.2, 0.25) is 10.0 Å². The highest BCUT2D eigenvalue weighted by atomic mass is 32.2. The van der Waals surface area contributed by atoms with Crippen LogP contribution in [0.3, 0.4) is 0 Å². The van der Waals surface area contributed by atoms with Gasteiger partial charge in [0.1, 0.15) is 5.82 Å². The Morgan fingerprint density at radius 3 is 2.67 bits per heavy atom. The van der Waals surface area contributed by atoms with Crippen molar-refractivity contribution < 1.29 is 12.8 Å². The molecule has 0 atom stereocenters. The van der Waals surface area contributed by atoms with E-state index in [1.807, 2.05) is 19.0 Å². The van der Waals surface area contributed by atoms with Crippen LogP contribution in [0, 0.1) is 5.82 Å². The van der Waals surface area contributed by atoms with Crippen LogP contribution in [0.1, 0.15) is 5.56 Å². The molecule has 2 aromatic rings. The Balaban J connectivity index is 1.83. The van der Waals surface area contributed by atoms with Gasteiger partial charge in [-0.15, -0.1) is 5.10 Å². The Hall–Kier alpha value is -2.26. The largest absolute Gasteiger partial charge is 0.376 e. The molecule has 0 aliphatic rings. The van der Waals surface area contributed by atoms with Gasteiger partial charge in [0, 0.05) is 38.8 Å². The number of benzene rings is 1. The zero-order valence-corrected chi connectivity index (χ0v) is 14.3. The smallest absolute Gasteiger partial charge is 0.215 e. The summed E-state index contributed by atoms with van der Waals surface area (Å²) in [4.78, 5) is 1.89. The summed E-state index contributed by atoms with van der Waals surface area (Å²) < 4.78 is 39.9. The number of nitrogens with one attached hydrogen (secondary N) is 2. The third-order valence-electron chi connectivity index (χ3n) is 3.21. The van der Waals surface area contributed by atoms with E-state index in [9.17, 15) is 12.8 Å². The summed E-state index contributed by atoms with van der Waals surface area (Å²) in [5, 5.41) is 10.8. The van der Waals surface area contributed by atoms with Crippen LogP contribution in [-0.4, -0.2) is 45.8 Å². The van der Waals surface area contributed by atoms with E-state index in [2.05, 4.69) is 20.2 Å². The molecular formula is C15H20FN5O2S. The Labute approximate surface area is 141 Å². The summed E-state index contributed by atoms with van der Waals surface area (Å²) >= 11 is 0. The highest BCUT2D eigenvalue weighted by Crippen LogP contribution is 2.12. The van der Waals surface area contributed by atoms with Crippen LogP contribution in [0.5, 0.6) is 0 Å². The van der Waals surface area contributed by atoms with Gasteiger partial charge in [-0.1, -0.05) is 18.2 Å². The number of nitrogens with zero attached hydrogens (tertiary/aromatic N) is 3.